The molecule has 144 valence electrons. The zero-order valence-electron chi connectivity index (χ0n) is 13.6. The second kappa shape index (κ2) is 8.74. The SMILES string of the molecule is O=C(CNC(=O)c1ccco1)NNC(=O)COc1cccc(C(F)(F)F)c1. The molecule has 0 spiro atoms. The Balaban J connectivity index is 1.70. The molecule has 0 aliphatic rings. The number of hydrogen-bond acceptors (Lipinski definition) is 5. The van der Waals surface area contributed by atoms with Crippen molar-refractivity contribution in [2.24, 2.45) is 0 Å². The minimum absolute atomic E-state index is 0.0151. The Morgan fingerprint density at radius 3 is 2.44 bits per heavy atom. The lowest BCUT2D eigenvalue weighted by Gasteiger charge is -2.11. The third-order valence-electron chi connectivity index (χ3n) is 3.03. The first kappa shape index (κ1) is 19.8. The maximum atomic E-state index is 12.6. The van der Waals surface area contributed by atoms with E-state index in [0.29, 0.717) is 0 Å². The highest BCUT2D eigenvalue weighted by atomic mass is 19.4. The van der Waals surface area contributed by atoms with E-state index in [1.807, 2.05) is 10.9 Å². The molecule has 1 aromatic heterocycles. The van der Waals surface area contributed by atoms with Crippen molar-refractivity contribution >= 4 is 17.7 Å². The quantitative estimate of drug-likeness (QED) is 0.649. The molecule has 0 unspecified atom stereocenters. The van der Waals surface area contributed by atoms with Gasteiger partial charge < -0.3 is 14.5 Å². The molecule has 8 nitrogen and oxygen atoms in total. The highest BCUT2D eigenvalue weighted by Crippen LogP contribution is 2.31. The van der Waals surface area contributed by atoms with Gasteiger partial charge in [-0.25, -0.2) is 0 Å². The largest absolute Gasteiger partial charge is 0.484 e. The molecular weight excluding hydrogens is 371 g/mol. The molecule has 0 atom stereocenters. The van der Waals surface area contributed by atoms with Crippen LogP contribution in [0.3, 0.4) is 0 Å². The summed E-state index contributed by atoms with van der Waals surface area (Å²) in [6.45, 7) is -1.06. The minimum Gasteiger partial charge on any atom is -0.484 e. The van der Waals surface area contributed by atoms with Crippen LogP contribution in [0.25, 0.3) is 0 Å². The van der Waals surface area contributed by atoms with Crippen molar-refractivity contribution in [3.05, 3.63) is 54.0 Å². The van der Waals surface area contributed by atoms with Crippen molar-refractivity contribution in [2.75, 3.05) is 13.2 Å². The lowest BCUT2D eigenvalue weighted by atomic mass is 10.2. The Kier molecular flexibility index (Phi) is 6.41. The van der Waals surface area contributed by atoms with Gasteiger partial charge >= 0.3 is 6.18 Å². The number of nitrogens with one attached hydrogen (secondary N) is 3. The van der Waals surface area contributed by atoms with Crippen molar-refractivity contribution < 1.29 is 36.7 Å². The predicted octanol–water partition coefficient (Wildman–Crippen LogP) is 1.25. The van der Waals surface area contributed by atoms with Crippen molar-refractivity contribution in [1.82, 2.24) is 16.2 Å². The van der Waals surface area contributed by atoms with Crippen LogP contribution in [0.1, 0.15) is 16.1 Å². The highest BCUT2D eigenvalue weighted by molar-refractivity contribution is 5.94. The van der Waals surface area contributed by atoms with Crippen molar-refractivity contribution in [3.8, 4) is 5.75 Å². The van der Waals surface area contributed by atoms with E-state index >= 15 is 0 Å². The van der Waals surface area contributed by atoms with Crippen LogP contribution >= 0.6 is 0 Å². The molecule has 0 fully saturated rings. The number of ether oxygens (including phenoxy) is 1. The Hall–Kier alpha value is -3.50. The molecule has 11 heteroatoms. The maximum absolute atomic E-state index is 12.6. The highest BCUT2D eigenvalue weighted by Gasteiger charge is 2.30. The van der Waals surface area contributed by atoms with Gasteiger partial charge in [-0.15, -0.1) is 0 Å². The molecule has 0 radical (unpaired) electrons. The molecule has 0 aliphatic heterocycles. The maximum Gasteiger partial charge on any atom is 0.416 e. The monoisotopic (exact) mass is 385 g/mol. The number of alkyl halides is 3. The fraction of sp³-hybridized carbons (Fsp3) is 0.188. The van der Waals surface area contributed by atoms with Gasteiger partial charge in [0.1, 0.15) is 5.75 Å². The van der Waals surface area contributed by atoms with E-state index in [4.69, 9.17) is 9.15 Å². The summed E-state index contributed by atoms with van der Waals surface area (Å²) in [5, 5.41) is 2.25. The molecular formula is C16H14F3N3O5. The smallest absolute Gasteiger partial charge is 0.416 e. The van der Waals surface area contributed by atoms with E-state index in [1.165, 1.54) is 24.5 Å². The summed E-state index contributed by atoms with van der Waals surface area (Å²) in [5.41, 5.74) is 3.09. The molecule has 0 aliphatic carbocycles. The summed E-state index contributed by atoms with van der Waals surface area (Å²) >= 11 is 0. The number of carbonyl (C=O) groups is 3. The fourth-order valence-corrected chi connectivity index (χ4v) is 1.79. The zero-order chi connectivity index (χ0) is 19.9. The zero-order valence-corrected chi connectivity index (χ0v) is 13.6. The summed E-state index contributed by atoms with van der Waals surface area (Å²) < 4.78 is 47.5. The summed E-state index contributed by atoms with van der Waals surface area (Å²) in [5.74, 6) is -2.30. The van der Waals surface area contributed by atoms with Gasteiger partial charge in [-0.1, -0.05) is 6.07 Å². The van der Waals surface area contributed by atoms with Gasteiger partial charge in [0.2, 0.25) is 0 Å². The third kappa shape index (κ3) is 6.38. The van der Waals surface area contributed by atoms with E-state index in [9.17, 15) is 27.6 Å². The Morgan fingerprint density at radius 1 is 1.04 bits per heavy atom. The van der Waals surface area contributed by atoms with Crippen molar-refractivity contribution in [1.29, 1.82) is 0 Å². The number of halogens is 3. The lowest BCUT2D eigenvalue weighted by Crippen LogP contribution is -2.47. The van der Waals surface area contributed by atoms with Crippen LogP contribution in [0.15, 0.2) is 47.1 Å². The molecule has 3 N–H and O–H groups in total. The third-order valence-corrected chi connectivity index (χ3v) is 3.03. The van der Waals surface area contributed by atoms with E-state index in [0.717, 1.165) is 18.2 Å². The Bertz CT molecular complexity index is 806. The predicted molar refractivity (Wildman–Crippen MR) is 84.3 cm³/mol. The first-order valence-electron chi connectivity index (χ1n) is 7.45. The summed E-state index contributed by atoms with van der Waals surface area (Å²) in [6, 6.07) is 6.91. The second-order valence-electron chi connectivity index (χ2n) is 5.07. The molecule has 1 aromatic carbocycles. The van der Waals surface area contributed by atoms with Crippen molar-refractivity contribution in [2.45, 2.75) is 6.18 Å². The molecule has 1 heterocycles. The average molecular weight is 385 g/mol. The number of rotatable bonds is 6. The lowest BCUT2D eigenvalue weighted by molar-refractivity contribution is -0.137. The van der Waals surface area contributed by atoms with Crippen LogP contribution in [0.4, 0.5) is 13.2 Å². The van der Waals surface area contributed by atoms with Gasteiger partial charge in [-0.05, 0) is 30.3 Å². The molecule has 27 heavy (non-hydrogen) atoms. The number of hydrazine groups is 1. The summed E-state index contributed by atoms with van der Waals surface area (Å²) in [7, 11) is 0. The van der Waals surface area contributed by atoms with Crippen LogP contribution in [-0.4, -0.2) is 30.9 Å². The Labute approximate surface area is 150 Å². The molecule has 0 bridgehead atoms. The standard InChI is InChI=1S/C16H14F3N3O5/c17-16(18,19)10-3-1-4-11(7-10)27-9-14(24)22-21-13(23)8-20-15(25)12-5-2-6-26-12/h1-7H,8-9H2,(H,20,25)(H,21,23)(H,22,24). The molecule has 3 amide bonds. The van der Waals surface area contributed by atoms with Crippen molar-refractivity contribution in [3.63, 3.8) is 0 Å². The molecule has 0 saturated carbocycles. The number of hydrogen-bond donors (Lipinski definition) is 3. The number of carbonyl (C=O) groups excluding carboxylic acids is 3. The van der Waals surface area contributed by atoms with Crippen LogP contribution < -0.4 is 20.9 Å². The number of amides is 3. The van der Waals surface area contributed by atoms with Crippen LogP contribution in [-0.2, 0) is 15.8 Å². The minimum atomic E-state index is -4.53. The van der Waals surface area contributed by atoms with E-state index < -0.39 is 42.6 Å². The molecule has 2 rings (SSSR count). The Morgan fingerprint density at radius 2 is 1.78 bits per heavy atom. The van der Waals surface area contributed by atoms with Crippen LogP contribution in [0.2, 0.25) is 0 Å². The first-order chi connectivity index (χ1) is 12.8. The van der Waals surface area contributed by atoms with E-state index in [2.05, 4.69) is 5.32 Å². The first-order valence-corrected chi connectivity index (χ1v) is 7.45. The van der Waals surface area contributed by atoms with Gasteiger partial charge in [0.25, 0.3) is 17.7 Å². The van der Waals surface area contributed by atoms with Crippen LogP contribution in [0, 0.1) is 0 Å². The van der Waals surface area contributed by atoms with Gasteiger partial charge in [-0.3, -0.25) is 25.2 Å². The topological polar surface area (TPSA) is 110 Å². The van der Waals surface area contributed by atoms with E-state index in [-0.39, 0.29) is 11.5 Å². The molecule has 0 saturated heterocycles. The van der Waals surface area contributed by atoms with Gasteiger partial charge in [0.05, 0.1) is 18.4 Å². The normalized spacial score (nSPS) is 10.8. The number of benzene rings is 1. The van der Waals surface area contributed by atoms with Gasteiger partial charge in [0, 0.05) is 0 Å². The van der Waals surface area contributed by atoms with Gasteiger partial charge in [-0.2, -0.15) is 13.2 Å². The second-order valence-corrected chi connectivity index (χ2v) is 5.07. The summed E-state index contributed by atoms with van der Waals surface area (Å²) in [6.07, 6.45) is -3.24. The van der Waals surface area contributed by atoms with Crippen LogP contribution in [0.5, 0.6) is 5.75 Å². The average Bonchev–Trinajstić information content (AvgIpc) is 3.17. The number of furan rings is 1. The summed E-state index contributed by atoms with van der Waals surface area (Å²) in [4.78, 5) is 34.6. The van der Waals surface area contributed by atoms with Gasteiger partial charge in [0.15, 0.2) is 12.4 Å². The fourth-order valence-electron chi connectivity index (χ4n) is 1.79. The van der Waals surface area contributed by atoms with E-state index in [1.54, 1.807) is 0 Å². The molecule has 2 aromatic rings.